The summed E-state index contributed by atoms with van der Waals surface area (Å²) in [6, 6.07) is -0.756. The summed E-state index contributed by atoms with van der Waals surface area (Å²) in [5.41, 5.74) is -0.579. The standard InChI is InChI=1S/C11H16N2O3/c1-3-8(2)12-10(16)13-11(5-4-6-11)7-9(14)15/h1,8H,4-7H2,2H3,(H,14,15)(H2,12,13,16). The van der Waals surface area contributed by atoms with Gasteiger partial charge in [0, 0.05) is 0 Å². The van der Waals surface area contributed by atoms with E-state index in [4.69, 9.17) is 11.5 Å². The van der Waals surface area contributed by atoms with Crippen LogP contribution in [0.4, 0.5) is 4.79 Å². The van der Waals surface area contributed by atoms with Crippen molar-refractivity contribution in [3.63, 3.8) is 0 Å². The molecule has 0 aromatic heterocycles. The summed E-state index contributed by atoms with van der Waals surface area (Å²) in [4.78, 5) is 22.2. The first-order valence-electron chi connectivity index (χ1n) is 5.24. The zero-order chi connectivity index (χ0) is 12.2. The average Bonchev–Trinajstić information content (AvgIpc) is 2.13. The number of nitrogens with one attached hydrogen (secondary N) is 2. The molecule has 1 atom stereocenters. The molecule has 2 amide bonds. The molecular formula is C11H16N2O3. The average molecular weight is 224 g/mol. The van der Waals surface area contributed by atoms with Gasteiger partial charge in [-0.25, -0.2) is 4.79 Å². The Morgan fingerprint density at radius 3 is 2.56 bits per heavy atom. The second-order valence-electron chi connectivity index (χ2n) is 4.19. The highest BCUT2D eigenvalue weighted by molar-refractivity contribution is 5.77. The van der Waals surface area contributed by atoms with Crippen LogP contribution < -0.4 is 10.6 Å². The molecule has 1 fully saturated rings. The number of terminal acetylenes is 1. The molecular weight excluding hydrogens is 208 g/mol. The van der Waals surface area contributed by atoms with Crippen LogP contribution in [0.25, 0.3) is 0 Å². The van der Waals surface area contributed by atoms with Crippen molar-refractivity contribution in [1.29, 1.82) is 0 Å². The maximum Gasteiger partial charge on any atom is 0.316 e. The number of carbonyl (C=O) groups excluding carboxylic acids is 1. The van der Waals surface area contributed by atoms with Gasteiger partial charge in [-0.05, 0) is 26.2 Å². The minimum absolute atomic E-state index is 0.0369. The molecule has 16 heavy (non-hydrogen) atoms. The van der Waals surface area contributed by atoms with Gasteiger partial charge < -0.3 is 15.7 Å². The SMILES string of the molecule is C#CC(C)NC(=O)NC1(CC(=O)O)CCC1. The van der Waals surface area contributed by atoms with Crippen molar-refractivity contribution < 1.29 is 14.7 Å². The van der Waals surface area contributed by atoms with E-state index in [0.29, 0.717) is 12.8 Å². The summed E-state index contributed by atoms with van der Waals surface area (Å²) in [6.45, 7) is 1.68. The molecule has 0 aromatic carbocycles. The quantitative estimate of drug-likeness (QED) is 0.615. The van der Waals surface area contributed by atoms with E-state index in [1.165, 1.54) is 0 Å². The van der Waals surface area contributed by atoms with E-state index in [9.17, 15) is 9.59 Å². The highest BCUT2D eigenvalue weighted by atomic mass is 16.4. The molecule has 1 rings (SSSR count). The molecule has 5 nitrogen and oxygen atoms in total. The number of amides is 2. The Morgan fingerprint density at radius 2 is 2.19 bits per heavy atom. The number of carboxylic acid groups (broad SMARTS) is 1. The summed E-state index contributed by atoms with van der Waals surface area (Å²) in [7, 11) is 0. The predicted molar refractivity (Wildman–Crippen MR) is 58.8 cm³/mol. The zero-order valence-corrected chi connectivity index (χ0v) is 9.25. The maximum absolute atomic E-state index is 11.5. The molecule has 0 aliphatic heterocycles. The zero-order valence-electron chi connectivity index (χ0n) is 9.25. The van der Waals surface area contributed by atoms with Crippen LogP contribution in [0.3, 0.4) is 0 Å². The second kappa shape index (κ2) is 4.88. The van der Waals surface area contributed by atoms with Gasteiger partial charge in [0.05, 0.1) is 18.0 Å². The molecule has 1 saturated carbocycles. The maximum atomic E-state index is 11.5. The minimum atomic E-state index is -0.898. The molecule has 1 aliphatic rings. The molecule has 0 radical (unpaired) electrons. The van der Waals surface area contributed by atoms with Crippen LogP contribution in [-0.4, -0.2) is 28.7 Å². The first-order chi connectivity index (χ1) is 7.47. The van der Waals surface area contributed by atoms with Gasteiger partial charge in [0.1, 0.15) is 0 Å². The van der Waals surface area contributed by atoms with Crippen LogP contribution >= 0.6 is 0 Å². The fourth-order valence-corrected chi connectivity index (χ4v) is 1.75. The number of rotatable bonds is 4. The summed E-state index contributed by atoms with van der Waals surface area (Å²) >= 11 is 0. The molecule has 0 bridgehead atoms. The summed E-state index contributed by atoms with van der Waals surface area (Å²) in [5, 5.41) is 14.0. The van der Waals surface area contributed by atoms with Gasteiger partial charge >= 0.3 is 12.0 Å². The van der Waals surface area contributed by atoms with Crippen LogP contribution in [0.15, 0.2) is 0 Å². The van der Waals surface area contributed by atoms with Gasteiger partial charge in [-0.2, -0.15) is 0 Å². The van der Waals surface area contributed by atoms with Gasteiger partial charge in [-0.15, -0.1) is 6.42 Å². The topological polar surface area (TPSA) is 78.4 Å². The predicted octanol–water partition coefficient (Wildman–Crippen LogP) is 0.705. The molecule has 0 saturated heterocycles. The van der Waals surface area contributed by atoms with E-state index in [1.54, 1.807) is 6.92 Å². The van der Waals surface area contributed by atoms with Gasteiger partial charge in [0.2, 0.25) is 0 Å². The van der Waals surface area contributed by atoms with Gasteiger partial charge in [0.25, 0.3) is 0 Å². The minimum Gasteiger partial charge on any atom is -0.481 e. The van der Waals surface area contributed by atoms with E-state index in [-0.39, 0.29) is 12.5 Å². The number of aliphatic carboxylic acids is 1. The number of urea groups is 1. The van der Waals surface area contributed by atoms with E-state index >= 15 is 0 Å². The lowest BCUT2D eigenvalue weighted by molar-refractivity contribution is -0.139. The first-order valence-corrected chi connectivity index (χ1v) is 5.24. The third kappa shape index (κ3) is 3.16. The Balaban J connectivity index is 2.48. The summed E-state index contributed by atoms with van der Waals surface area (Å²) in [5.74, 6) is 1.47. The van der Waals surface area contributed by atoms with Crippen LogP contribution in [0.1, 0.15) is 32.6 Å². The fraction of sp³-hybridized carbons (Fsp3) is 0.636. The number of carbonyl (C=O) groups is 2. The van der Waals surface area contributed by atoms with Crippen molar-refractivity contribution in [2.24, 2.45) is 0 Å². The Morgan fingerprint density at radius 1 is 1.56 bits per heavy atom. The van der Waals surface area contributed by atoms with Crippen molar-refractivity contribution in [3.8, 4) is 12.3 Å². The Labute approximate surface area is 94.6 Å². The van der Waals surface area contributed by atoms with Gasteiger partial charge in [0.15, 0.2) is 0 Å². The van der Waals surface area contributed by atoms with Crippen LogP contribution in [0.5, 0.6) is 0 Å². The summed E-state index contributed by atoms with van der Waals surface area (Å²) in [6.07, 6.45) is 7.44. The number of hydrogen-bond donors (Lipinski definition) is 3. The lowest BCUT2D eigenvalue weighted by Crippen LogP contribution is -2.58. The van der Waals surface area contributed by atoms with Crippen LogP contribution in [-0.2, 0) is 4.79 Å². The number of hydrogen-bond acceptors (Lipinski definition) is 2. The van der Waals surface area contributed by atoms with E-state index in [2.05, 4.69) is 16.6 Å². The second-order valence-corrected chi connectivity index (χ2v) is 4.19. The molecule has 0 aromatic rings. The molecule has 88 valence electrons. The Bertz CT molecular complexity index is 329. The summed E-state index contributed by atoms with van der Waals surface area (Å²) < 4.78 is 0. The van der Waals surface area contributed by atoms with E-state index in [1.807, 2.05) is 0 Å². The van der Waals surface area contributed by atoms with Crippen LogP contribution in [0, 0.1) is 12.3 Å². The van der Waals surface area contributed by atoms with Crippen molar-refractivity contribution in [2.75, 3.05) is 0 Å². The van der Waals surface area contributed by atoms with Gasteiger partial charge in [-0.3, -0.25) is 4.79 Å². The molecule has 1 unspecified atom stereocenters. The lowest BCUT2D eigenvalue weighted by atomic mass is 9.74. The molecule has 1 aliphatic carbocycles. The largest absolute Gasteiger partial charge is 0.481 e. The lowest BCUT2D eigenvalue weighted by Gasteiger charge is -2.41. The van der Waals surface area contributed by atoms with E-state index in [0.717, 1.165) is 6.42 Å². The van der Waals surface area contributed by atoms with Crippen molar-refractivity contribution in [3.05, 3.63) is 0 Å². The monoisotopic (exact) mass is 224 g/mol. The Hall–Kier alpha value is -1.70. The van der Waals surface area contributed by atoms with Crippen molar-refractivity contribution in [2.45, 2.75) is 44.2 Å². The fourth-order valence-electron chi connectivity index (χ4n) is 1.75. The molecule has 0 heterocycles. The van der Waals surface area contributed by atoms with Gasteiger partial charge in [-0.1, -0.05) is 5.92 Å². The molecule has 0 spiro atoms. The van der Waals surface area contributed by atoms with Crippen LogP contribution in [0.2, 0.25) is 0 Å². The molecule has 5 heteroatoms. The highest BCUT2D eigenvalue weighted by Crippen LogP contribution is 2.34. The van der Waals surface area contributed by atoms with Crippen molar-refractivity contribution in [1.82, 2.24) is 10.6 Å². The molecule has 3 N–H and O–H groups in total. The third-order valence-electron chi connectivity index (χ3n) is 2.78. The first kappa shape index (κ1) is 12.4. The third-order valence-corrected chi connectivity index (χ3v) is 2.78. The van der Waals surface area contributed by atoms with Crippen molar-refractivity contribution >= 4 is 12.0 Å². The highest BCUT2D eigenvalue weighted by Gasteiger charge is 2.40. The number of carboxylic acids is 1. The van der Waals surface area contributed by atoms with E-state index < -0.39 is 17.5 Å². The smallest absolute Gasteiger partial charge is 0.316 e. The Kier molecular flexibility index (Phi) is 3.78. The normalized spacial score (nSPS) is 18.8.